The van der Waals surface area contributed by atoms with Gasteiger partial charge in [0, 0.05) is 6.54 Å². The Bertz CT molecular complexity index is 678. The molecule has 0 aliphatic carbocycles. The second kappa shape index (κ2) is 5.88. The van der Waals surface area contributed by atoms with Crippen molar-refractivity contribution in [2.75, 3.05) is 5.32 Å². The summed E-state index contributed by atoms with van der Waals surface area (Å²) in [7, 11) is 0. The average Bonchev–Trinajstić information content (AvgIpc) is 2.46. The van der Waals surface area contributed by atoms with Crippen LogP contribution >= 0.6 is 15.9 Å². The van der Waals surface area contributed by atoms with Gasteiger partial charge in [0.2, 0.25) is 5.82 Å². The van der Waals surface area contributed by atoms with Crippen LogP contribution in [-0.2, 0) is 6.54 Å². The predicted molar refractivity (Wildman–Crippen MR) is 69.4 cm³/mol. The molecule has 0 fully saturated rings. The van der Waals surface area contributed by atoms with E-state index in [1.54, 1.807) is 0 Å². The third-order valence-corrected chi connectivity index (χ3v) is 3.33. The summed E-state index contributed by atoms with van der Waals surface area (Å²) in [6.07, 6.45) is 0. The van der Waals surface area contributed by atoms with Gasteiger partial charge in [-0.2, -0.15) is 0 Å². The van der Waals surface area contributed by atoms with Crippen molar-refractivity contribution in [3.05, 3.63) is 57.3 Å². The molecule has 0 spiro atoms. The molecule has 2 rings (SSSR count). The van der Waals surface area contributed by atoms with Crippen molar-refractivity contribution < 1.29 is 27.1 Å². The first-order chi connectivity index (χ1) is 9.82. The van der Waals surface area contributed by atoms with Gasteiger partial charge in [0.15, 0.2) is 23.3 Å². The van der Waals surface area contributed by atoms with Crippen LogP contribution in [0.2, 0.25) is 0 Å². The molecule has 0 heterocycles. The number of rotatable bonds is 3. The zero-order chi connectivity index (χ0) is 15.7. The molecule has 0 saturated carbocycles. The van der Waals surface area contributed by atoms with Crippen LogP contribution in [0.1, 0.15) is 5.56 Å². The molecule has 0 atom stereocenters. The molecule has 2 nitrogen and oxygen atoms in total. The number of phenolic OH excluding ortho intramolecular Hbond substituents is 1. The van der Waals surface area contributed by atoms with Gasteiger partial charge in [-0.05, 0) is 33.6 Å². The number of aromatic hydroxyl groups is 1. The summed E-state index contributed by atoms with van der Waals surface area (Å²) >= 11 is 3.04. The molecule has 0 aliphatic heterocycles. The number of halogens is 6. The molecule has 8 heteroatoms. The minimum absolute atomic E-state index is 0.0463. The Balaban J connectivity index is 2.30. The van der Waals surface area contributed by atoms with E-state index in [2.05, 4.69) is 21.2 Å². The highest BCUT2D eigenvalue weighted by Crippen LogP contribution is 2.28. The Morgan fingerprint density at radius 3 is 1.95 bits per heavy atom. The highest BCUT2D eigenvalue weighted by molar-refractivity contribution is 9.10. The lowest BCUT2D eigenvalue weighted by Crippen LogP contribution is -2.09. The van der Waals surface area contributed by atoms with Gasteiger partial charge in [0.1, 0.15) is 11.4 Å². The fraction of sp³-hybridized carbons (Fsp3) is 0.0769. The molecule has 0 amide bonds. The number of nitrogens with one attached hydrogen (secondary N) is 1. The third-order valence-electron chi connectivity index (χ3n) is 2.69. The van der Waals surface area contributed by atoms with E-state index < -0.39 is 34.8 Å². The van der Waals surface area contributed by atoms with Crippen molar-refractivity contribution in [3.63, 3.8) is 0 Å². The van der Waals surface area contributed by atoms with Gasteiger partial charge in [0.25, 0.3) is 0 Å². The number of hydrogen-bond donors (Lipinski definition) is 2. The maximum atomic E-state index is 13.4. The summed E-state index contributed by atoms with van der Waals surface area (Å²) < 4.78 is 66.0. The summed E-state index contributed by atoms with van der Waals surface area (Å²) in [6.45, 7) is -0.197. The van der Waals surface area contributed by atoms with Crippen molar-refractivity contribution in [2.24, 2.45) is 0 Å². The molecular weight excluding hydrogens is 361 g/mol. The van der Waals surface area contributed by atoms with E-state index in [0.29, 0.717) is 10.0 Å². The molecule has 21 heavy (non-hydrogen) atoms. The van der Waals surface area contributed by atoms with Crippen LogP contribution in [0, 0.1) is 29.1 Å². The molecule has 0 bridgehead atoms. The van der Waals surface area contributed by atoms with E-state index in [-0.39, 0.29) is 12.3 Å². The SMILES string of the molecule is Oc1ccc(CNc2c(F)c(F)c(F)c(F)c2F)cc1Br. The molecule has 0 aliphatic rings. The quantitative estimate of drug-likeness (QED) is 0.476. The van der Waals surface area contributed by atoms with Crippen molar-refractivity contribution in [2.45, 2.75) is 6.54 Å². The lowest BCUT2D eigenvalue weighted by molar-refractivity contribution is 0.381. The Hall–Kier alpha value is -1.83. The standard InChI is InChI=1S/C13H7BrF5NO/c14-6-3-5(1-2-7(6)21)4-20-13-11(18)9(16)8(15)10(17)12(13)19/h1-3,20-21H,4H2. The summed E-state index contributed by atoms with van der Waals surface area (Å²) in [5.41, 5.74) is -0.640. The van der Waals surface area contributed by atoms with Crippen molar-refractivity contribution in [3.8, 4) is 5.75 Å². The highest BCUT2D eigenvalue weighted by atomic mass is 79.9. The minimum Gasteiger partial charge on any atom is -0.507 e. The van der Waals surface area contributed by atoms with Crippen LogP contribution in [-0.4, -0.2) is 5.11 Å². The first-order valence-corrected chi connectivity index (χ1v) is 6.35. The van der Waals surface area contributed by atoms with Gasteiger partial charge in [-0.25, -0.2) is 22.0 Å². The highest BCUT2D eigenvalue weighted by Gasteiger charge is 2.25. The smallest absolute Gasteiger partial charge is 0.200 e. The zero-order valence-corrected chi connectivity index (χ0v) is 11.7. The van der Waals surface area contributed by atoms with E-state index in [1.165, 1.54) is 18.2 Å². The Morgan fingerprint density at radius 1 is 0.905 bits per heavy atom. The Labute approximate surface area is 124 Å². The fourth-order valence-corrected chi connectivity index (χ4v) is 2.04. The van der Waals surface area contributed by atoms with Gasteiger partial charge in [-0.15, -0.1) is 0 Å². The van der Waals surface area contributed by atoms with Crippen LogP contribution in [0.5, 0.6) is 5.75 Å². The van der Waals surface area contributed by atoms with Crippen molar-refractivity contribution in [1.29, 1.82) is 0 Å². The zero-order valence-electron chi connectivity index (χ0n) is 10.2. The first-order valence-electron chi connectivity index (χ1n) is 5.55. The van der Waals surface area contributed by atoms with Crippen LogP contribution in [0.25, 0.3) is 0 Å². The number of phenols is 1. The summed E-state index contributed by atoms with van der Waals surface area (Å²) in [6, 6.07) is 4.19. The maximum absolute atomic E-state index is 13.4. The Morgan fingerprint density at radius 2 is 1.43 bits per heavy atom. The molecule has 0 saturated heterocycles. The second-order valence-corrected chi connectivity index (χ2v) is 4.94. The lowest BCUT2D eigenvalue weighted by atomic mass is 10.2. The Kier molecular flexibility index (Phi) is 4.36. The lowest BCUT2D eigenvalue weighted by Gasteiger charge is -2.11. The number of benzene rings is 2. The van der Waals surface area contributed by atoms with Crippen LogP contribution in [0.3, 0.4) is 0 Å². The van der Waals surface area contributed by atoms with E-state index in [0.717, 1.165) is 0 Å². The monoisotopic (exact) mass is 367 g/mol. The predicted octanol–water partition coefficient (Wildman–Crippen LogP) is 4.46. The molecule has 112 valence electrons. The normalized spacial score (nSPS) is 10.8. The second-order valence-electron chi connectivity index (χ2n) is 4.08. The first kappa shape index (κ1) is 15.6. The molecule has 2 aromatic rings. The summed E-state index contributed by atoms with van der Waals surface area (Å²) in [5, 5.41) is 11.4. The van der Waals surface area contributed by atoms with E-state index >= 15 is 0 Å². The van der Waals surface area contributed by atoms with Crippen molar-refractivity contribution >= 4 is 21.6 Å². The van der Waals surface area contributed by atoms with Crippen molar-refractivity contribution in [1.82, 2.24) is 0 Å². The molecule has 0 unspecified atom stereocenters. The van der Waals surface area contributed by atoms with Gasteiger partial charge in [0.05, 0.1) is 4.47 Å². The van der Waals surface area contributed by atoms with Crippen LogP contribution < -0.4 is 5.32 Å². The van der Waals surface area contributed by atoms with Gasteiger partial charge in [-0.1, -0.05) is 6.07 Å². The number of anilines is 1. The van der Waals surface area contributed by atoms with E-state index in [1.807, 2.05) is 0 Å². The van der Waals surface area contributed by atoms with Crippen LogP contribution in [0.4, 0.5) is 27.6 Å². The molecular formula is C13H7BrF5NO. The fourth-order valence-electron chi connectivity index (χ4n) is 1.61. The molecule has 0 aromatic heterocycles. The van der Waals surface area contributed by atoms with E-state index in [4.69, 9.17) is 0 Å². The van der Waals surface area contributed by atoms with E-state index in [9.17, 15) is 27.1 Å². The topological polar surface area (TPSA) is 32.3 Å². The maximum Gasteiger partial charge on any atom is 0.200 e. The summed E-state index contributed by atoms with van der Waals surface area (Å²) in [4.78, 5) is 0. The third kappa shape index (κ3) is 2.94. The average molecular weight is 368 g/mol. The van der Waals surface area contributed by atoms with Gasteiger partial charge in [-0.3, -0.25) is 0 Å². The largest absolute Gasteiger partial charge is 0.507 e. The molecule has 2 N–H and O–H groups in total. The van der Waals surface area contributed by atoms with Gasteiger partial charge >= 0.3 is 0 Å². The molecule has 2 aromatic carbocycles. The number of hydrogen-bond acceptors (Lipinski definition) is 2. The molecule has 0 radical (unpaired) electrons. The van der Waals surface area contributed by atoms with Crippen LogP contribution in [0.15, 0.2) is 22.7 Å². The van der Waals surface area contributed by atoms with Gasteiger partial charge < -0.3 is 10.4 Å². The minimum atomic E-state index is -2.21. The summed E-state index contributed by atoms with van der Waals surface area (Å²) in [5.74, 6) is -10.1.